The van der Waals surface area contributed by atoms with Crippen LogP contribution in [0.2, 0.25) is 0 Å². The Morgan fingerprint density at radius 1 is 0.854 bits per heavy atom. The van der Waals surface area contributed by atoms with E-state index >= 15 is 0 Å². The summed E-state index contributed by atoms with van der Waals surface area (Å²) < 4.78 is 86.0. The molecule has 41 heavy (non-hydrogen) atoms. The maximum absolute atomic E-state index is 13.9. The summed E-state index contributed by atoms with van der Waals surface area (Å²) in [5.41, 5.74) is 0. The van der Waals surface area contributed by atoms with Gasteiger partial charge in [0.15, 0.2) is 5.96 Å². The van der Waals surface area contributed by atoms with Crippen LogP contribution in [0.15, 0.2) is 0 Å². The fourth-order valence-electron chi connectivity index (χ4n) is 7.21. The highest BCUT2D eigenvalue weighted by atomic mass is 19.4. The van der Waals surface area contributed by atoms with Crippen molar-refractivity contribution in [2.24, 2.45) is 23.7 Å². The van der Waals surface area contributed by atoms with Gasteiger partial charge in [-0.15, -0.1) is 0 Å². The lowest BCUT2D eigenvalue weighted by molar-refractivity contribution is -0.229. The van der Waals surface area contributed by atoms with Gasteiger partial charge >= 0.3 is 12.4 Å². The highest BCUT2D eigenvalue weighted by Gasteiger charge is 2.51. The third-order valence-electron chi connectivity index (χ3n) is 9.65. The number of hydrogen-bond acceptors (Lipinski definition) is 4. The van der Waals surface area contributed by atoms with Gasteiger partial charge in [0.1, 0.15) is 0 Å². The molecule has 3 atom stereocenters. The van der Waals surface area contributed by atoms with Crippen molar-refractivity contribution >= 4 is 11.9 Å². The molecule has 4 fully saturated rings. The molecule has 0 aromatic heterocycles. The minimum Gasteiger partial charge on any atom is -0.378 e. The van der Waals surface area contributed by atoms with Gasteiger partial charge in [-0.1, -0.05) is 19.3 Å². The van der Waals surface area contributed by atoms with Crippen LogP contribution in [0.1, 0.15) is 57.8 Å². The number of alkyl halides is 6. The second-order valence-electron chi connectivity index (χ2n) is 12.4. The minimum atomic E-state index is -4.66. The molecule has 2 saturated carbocycles. The molecule has 1 amide bonds. The summed E-state index contributed by atoms with van der Waals surface area (Å²) in [6.07, 6.45) is -5.66. The van der Waals surface area contributed by atoms with Crippen LogP contribution >= 0.6 is 0 Å². The molecular weight excluding hydrogens is 552 g/mol. The average molecular weight is 598 g/mol. The molecule has 3 unspecified atom stereocenters. The Balaban J connectivity index is 1.37. The molecule has 1 N–H and O–H groups in total. The fraction of sp³-hybridized carbons (Fsp3) is 0.929. The number of carbonyl (C=O) groups excluding carboxylic acids is 1. The first kappa shape index (κ1) is 32.2. The van der Waals surface area contributed by atoms with Crippen LogP contribution in [-0.4, -0.2) is 116 Å². The first-order valence-electron chi connectivity index (χ1n) is 15.1. The molecule has 2 aliphatic heterocycles. The topological polar surface area (TPSA) is 63.1 Å². The Morgan fingerprint density at radius 2 is 1.39 bits per heavy atom. The van der Waals surface area contributed by atoms with Crippen molar-refractivity contribution in [1.82, 2.24) is 19.6 Å². The van der Waals surface area contributed by atoms with Gasteiger partial charge in [-0.3, -0.25) is 15.1 Å². The van der Waals surface area contributed by atoms with E-state index in [1.807, 2.05) is 9.80 Å². The SMILES string of the molecule is CN(CCC1CC(C(F)(F)F)CC(C(F)(F)F)C1)C(=O)C(C1CCCCC1)N1CCN(C(=N)N2CCOCC2)CC1. The van der Waals surface area contributed by atoms with Crippen molar-refractivity contribution < 1.29 is 35.9 Å². The quantitative estimate of drug-likeness (QED) is 0.270. The van der Waals surface area contributed by atoms with Crippen LogP contribution < -0.4 is 0 Å². The number of ether oxygens (including phenoxy) is 1. The molecule has 13 heteroatoms. The molecule has 0 spiro atoms. The van der Waals surface area contributed by atoms with E-state index in [9.17, 15) is 31.1 Å². The number of halogens is 6. The van der Waals surface area contributed by atoms with E-state index in [-0.39, 0.29) is 43.7 Å². The molecule has 2 heterocycles. The number of piperazine rings is 1. The number of nitrogens with one attached hydrogen (secondary N) is 1. The highest BCUT2D eigenvalue weighted by Crippen LogP contribution is 2.48. The summed E-state index contributed by atoms with van der Waals surface area (Å²) in [6.45, 7) is 5.19. The third kappa shape index (κ3) is 8.42. The van der Waals surface area contributed by atoms with Gasteiger partial charge in [0, 0.05) is 52.9 Å². The summed E-state index contributed by atoms with van der Waals surface area (Å²) in [5.74, 6) is -4.10. The summed E-state index contributed by atoms with van der Waals surface area (Å²) in [5, 5.41) is 8.62. The second-order valence-corrected chi connectivity index (χ2v) is 12.4. The number of hydrogen-bond donors (Lipinski definition) is 1. The number of carbonyl (C=O) groups is 1. The van der Waals surface area contributed by atoms with Crippen molar-refractivity contribution in [1.29, 1.82) is 5.41 Å². The lowest BCUT2D eigenvalue weighted by Gasteiger charge is -2.45. The van der Waals surface area contributed by atoms with E-state index in [2.05, 4.69) is 4.90 Å². The van der Waals surface area contributed by atoms with Gasteiger partial charge in [-0.05, 0) is 50.4 Å². The van der Waals surface area contributed by atoms with Gasteiger partial charge < -0.3 is 19.4 Å². The maximum Gasteiger partial charge on any atom is 0.391 e. The number of rotatable bonds is 6. The van der Waals surface area contributed by atoms with Gasteiger partial charge in [0.2, 0.25) is 5.91 Å². The predicted octanol–water partition coefficient (Wildman–Crippen LogP) is 4.83. The van der Waals surface area contributed by atoms with Crippen LogP contribution in [0.4, 0.5) is 26.3 Å². The molecule has 4 rings (SSSR count). The molecule has 2 saturated heterocycles. The molecule has 0 aromatic carbocycles. The number of morpholine rings is 1. The second kappa shape index (κ2) is 13.7. The third-order valence-corrected chi connectivity index (χ3v) is 9.65. The Morgan fingerprint density at radius 3 is 1.93 bits per heavy atom. The van der Waals surface area contributed by atoms with Crippen LogP contribution in [-0.2, 0) is 9.53 Å². The number of likely N-dealkylation sites (N-methyl/N-ethyl adjacent to an activating group) is 1. The van der Waals surface area contributed by atoms with Crippen molar-refractivity contribution in [3.63, 3.8) is 0 Å². The monoisotopic (exact) mass is 597 g/mol. The van der Waals surface area contributed by atoms with Crippen LogP contribution in [0.5, 0.6) is 0 Å². The minimum absolute atomic E-state index is 0.0934. The molecular formula is C28H45F6N5O2. The smallest absolute Gasteiger partial charge is 0.378 e. The highest BCUT2D eigenvalue weighted by molar-refractivity contribution is 5.82. The van der Waals surface area contributed by atoms with Gasteiger partial charge in [0.25, 0.3) is 0 Å². The van der Waals surface area contributed by atoms with E-state index < -0.39 is 36.5 Å². The molecule has 0 radical (unpaired) electrons. The maximum atomic E-state index is 13.9. The Hall–Kier alpha value is -1.76. The summed E-state index contributed by atoms with van der Waals surface area (Å²) in [7, 11) is 1.63. The standard InChI is InChI=1S/C28H45F6N5O2/c1-36(8-7-20-17-22(27(29,30)31)19-23(18-20)28(32,33)34)25(40)24(21-5-3-2-4-6-21)37-9-11-38(12-10-37)26(35)39-13-15-41-16-14-39/h20-24,35H,2-19H2,1H3. The van der Waals surface area contributed by atoms with Gasteiger partial charge in [-0.2, -0.15) is 26.3 Å². The Bertz CT molecular complexity index is 845. The average Bonchev–Trinajstić information content (AvgIpc) is 2.96. The predicted molar refractivity (Wildman–Crippen MR) is 142 cm³/mol. The first-order valence-corrected chi connectivity index (χ1v) is 15.1. The normalized spacial score (nSPS) is 28.4. The number of guanidine groups is 1. The lowest BCUT2D eigenvalue weighted by atomic mass is 9.73. The summed E-state index contributed by atoms with van der Waals surface area (Å²) in [4.78, 5) is 21.6. The molecule has 7 nitrogen and oxygen atoms in total. The van der Waals surface area contributed by atoms with Crippen molar-refractivity contribution in [3.8, 4) is 0 Å². The molecule has 236 valence electrons. The number of amides is 1. The first-order chi connectivity index (χ1) is 19.3. The van der Waals surface area contributed by atoms with Crippen LogP contribution in [0, 0.1) is 29.1 Å². The van der Waals surface area contributed by atoms with E-state index in [1.54, 1.807) is 11.9 Å². The zero-order valence-corrected chi connectivity index (χ0v) is 24.0. The van der Waals surface area contributed by atoms with E-state index in [4.69, 9.17) is 10.1 Å². The largest absolute Gasteiger partial charge is 0.391 e. The van der Waals surface area contributed by atoms with Crippen LogP contribution in [0.3, 0.4) is 0 Å². The molecule has 0 aromatic rings. The summed E-state index contributed by atoms with van der Waals surface area (Å²) >= 11 is 0. The Labute approximate surface area is 239 Å². The lowest BCUT2D eigenvalue weighted by Crippen LogP contribution is -2.60. The van der Waals surface area contributed by atoms with Crippen molar-refractivity contribution in [3.05, 3.63) is 0 Å². The van der Waals surface area contributed by atoms with Gasteiger partial charge in [0.05, 0.1) is 31.1 Å². The van der Waals surface area contributed by atoms with E-state index in [0.29, 0.717) is 58.4 Å². The molecule has 2 aliphatic carbocycles. The van der Waals surface area contributed by atoms with Gasteiger partial charge in [-0.25, -0.2) is 0 Å². The fourth-order valence-corrected chi connectivity index (χ4v) is 7.21. The summed E-state index contributed by atoms with van der Waals surface area (Å²) in [6, 6.07) is -0.364. The van der Waals surface area contributed by atoms with Crippen molar-refractivity contribution in [2.45, 2.75) is 76.2 Å². The number of nitrogens with zero attached hydrogens (tertiary/aromatic N) is 4. The molecule has 4 aliphatic rings. The van der Waals surface area contributed by atoms with Crippen molar-refractivity contribution in [2.75, 3.05) is 66.1 Å². The molecule has 0 bridgehead atoms. The zero-order valence-electron chi connectivity index (χ0n) is 24.0. The van der Waals surface area contributed by atoms with E-state index in [1.165, 1.54) is 0 Å². The zero-order chi connectivity index (χ0) is 29.8. The van der Waals surface area contributed by atoms with Crippen LogP contribution in [0.25, 0.3) is 0 Å². The Kier molecular flexibility index (Phi) is 10.7. The van der Waals surface area contributed by atoms with E-state index in [0.717, 1.165) is 32.1 Å².